The molecule has 4 nitrogen and oxygen atoms in total. The first kappa shape index (κ1) is 13.4. The highest BCUT2D eigenvalue weighted by Crippen LogP contribution is 2.43. The molecule has 0 spiro atoms. The molecule has 0 aliphatic carbocycles. The number of nitriles is 1. The van der Waals surface area contributed by atoms with E-state index in [-0.39, 0.29) is 11.5 Å². The Hall–Kier alpha value is -2.54. The number of rotatable bonds is 1. The summed E-state index contributed by atoms with van der Waals surface area (Å²) in [4.78, 5) is 0. The molecule has 0 saturated heterocycles. The first-order valence-corrected chi connectivity index (χ1v) is 6.91. The Morgan fingerprint density at radius 3 is 2.86 bits per heavy atom. The third-order valence-corrected chi connectivity index (χ3v) is 3.81. The number of aromatic nitrogens is 1. The fourth-order valence-corrected chi connectivity index (χ4v) is 2.90. The van der Waals surface area contributed by atoms with Crippen LogP contribution in [0, 0.1) is 16.5 Å². The summed E-state index contributed by atoms with van der Waals surface area (Å²) in [6.45, 7) is 4.03. The largest absolute Gasteiger partial charge is 0.618 e. The van der Waals surface area contributed by atoms with E-state index in [0.29, 0.717) is 17.7 Å². The van der Waals surface area contributed by atoms with Gasteiger partial charge in [0.2, 0.25) is 5.69 Å². The molecule has 1 aromatic heterocycles. The Balaban J connectivity index is 2.18. The first-order chi connectivity index (χ1) is 10.00. The van der Waals surface area contributed by atoms with Crippen molar-refractivity contribution in [2.45, 2.75) is 31.8 Å². The molecule has 0 unspecified atom stereocenters. The number of ether oxygens (including phenoxy) is 1. The van der Waals surface area contributed by atoms with Crippen LogP contribution in [-0.4, -0.2) is 5.60 Å². The summed E-state index contributed by atoms with van der Waals surface area (Å²) in [5.41, 5.74) is 1.82. The van der Waals surface area contributed by atoms with Crippen molar-refractivity contribution in [1.82, 2.24) is 0 Å². The van der Waals surface area contributed by atoms with Gasteiger partial charge in [0.05, 0.1) is 17.6 Å². The second-order valence-corrected chi connectivity index (χ2v) is 5.93. The monoisotopic (exact) mass is 280 g/mol. The number of benzene rings is 1. The minimum atomic E-state index is -0.353. The van der Waals surface area contributed by atoms with E-state index in [2.05, 4.69) is 6.07 Å². The fraction of sp³-hybridized carbons (Fsp3) is 0.294. The summed E-state index contributed by atoms with van der Waals surface area (Å²) in [6.07, 6.45) is 2.20. The number of hydrogen-bond donors (Lipinski definition) is 0. The van der Waals surface area contributed by atoms with E-state index < -0.39 is 0 Å². The van der Waals surface area contributed by atoms with Gasteiger partial charge < -0.3 is 9.94 Å². The van der Waals surface area contributed by atoms with Crippen LogP contribution in [0.3, 0.4) is 0 Å². The summed E-state index contributed by atoms with van der Waals surface area (Å²) in [7, 11) is 0. The third kappa shape index (κ3) is 2.43. The molecule has 1 atom stereocenters. The van der Waals surface area contributed by atoms with Gasteiger partial charge in [0.25, 0.3) is 0 Å². The summed E-state index contributed by atoms with van der Waals surface area (Å²) in [5, 5.41) is 21.2. The van der Waals surface area contributed by atoms with Crippen LogP contribution in [0.2, 0.25) is 0 Å². The molecule has 1 aliphatic rings. The van der Waals surface area contributed by atoms with Gasteiger partial charge in [-0.05, 0) is 38.1 Å². The van der Waals surface area contributed by atoms with Crippen LogP contribution < -0.4 is 9.47 Å². The zero-order valence-electron chi connectivity index (χ0n) is 12.0. The fourth-order valence-electron chi connectivity index (χ4n) is 2.90. The van der Waals surface area contributed by atoms with Gasteiger partial charge in [0.15, 0.2) is 6.20 Å². The molecule has 4 heteroatoms. The van der Waals surface area contributed by atoms with Gasteiger partial charge >= 0.3 is 0 Å². The van der Waals surface area contributed by atoms with Crippen molar-refractivity contribution in [2.24, 2.45) is 0 Å². The van der Waals surface area contributed by atoms with Crippen LogP contribution in [0.5, 0.6) is 5.75 Å². The van der Waals surface area contributed by atoms with E-state index in [1.807, 2.05) is 38.1 Å². The van der Waals surface area contributed by atoms with E-state index >= 15 is 0 Å². The molecule has 3 rings (SSSR count). The normalized spacial score (nSPS) is 19.2. The maximum atomic E-state index is 12.1. The Morgan fingerprint density at radius 2 is 2.14 bits per heavy atom. The molecule has 0 saturated carbocycles. The summed E-state index contributed by atoms with van der Waals surface area (Å²) in [5.74, 6) is 0.676. The molecule has 21 heavy (non-hydrogen) atoms. The smallest absolute Gasteiger partial charge is 0.200 e. The van der Waals surface area contributed by atoms with Gasteiger partial charge in [-0.15, -0.1) is 0 Å². The zero-order valence-corrected chi connectivity index (χ0v) is 12.0. The van der Waals surface area contributed by atoms with Gasteiger partial charge in [0, 0.05) is 24.1 Å². The van der Waals surface area contributed by atoms with Crippen LogP contribution in [0.15, 0.2) is 42.6 Å². The Bertz CT molecular complexity index is 732. The quantitative estimate of drug-likeness (QED) is 0.596. The third-order valence-electron chi connectivity index (χ3n) is 3.81. The van der Waals surface area contributed by atoms with E-state index in [9.17, 15) is 5.21 Å². The van der Waals surface area contributed by atoms with E-state index in [1.165, 1.54) is 6.20 Å². The SMILES string of the molecule is CC1(C)C[C@@H](c2cccc[n+]2[O-])c2cc(C#N)ccc2O1. The highest BCUT2D eigenvalue weighted by atomic mass is 16.5. The predicted molar refractivity (Wildman–Crippen MR) is 77.7 cm³/mol. The molecule has 1 aliphatic heterocycles. The zero-order chi connectivity index (χ0) is 15.0. The highest BCUT2D eigenvalue weighted by molar-refractivity contribution is 5.47. The number of fused-ring (bicyclic) bond motifs is 1. The van der Waals surface area contributed by atoms with Crippen LogP contribution >= 0.6 is 0 Å². The van der Waals surface area contributed by atoms with Gasteiger partial charge in [-0.2, -0.15) is 9.99 Å². The lowest BCUT2D eigenvalue weighted by molar-refractivity contribution is -0.615. The molecule has 0 fully saturated rings. The van der Waals surface area contributed by atoms with Gasteiger partial charge in [-0.25, -0.2) is 0 Å². The lowest BCUT2D eigenvalue weighted by Crippen LogP contribution is -2.40. The van der Waals surface area contributed by atoms with Crippen molar-refractivity contribution in [3.8, 4) is 11.8 Å². The lowest BCUT2D eigenvalue weighted by atomic mass is 9.81. The Morgan fingerprint density at radius 1 is 1.33 bits per heavy atom. The van der Waals surface area contributed by atoms with E-state index in [1.54, 1.807) is 12.1 Å². The Kier molecular flexibility index (Phi) is 3.06. The highest BCUT2D eigenvalue weighted by Gasteiger charge is 2.38. The second kappa shape index (κ2) is 4.78. The van der Waals surface area contributed by atoms with Crippen LogP contribution in [-0.2, 0) is 0 Å². The second-order valence-electron chi connectivity index (χ2n) is 5.93. The van der Waals surface area contributed by atoms with Crippen molar-refractivity contribution < 1.29 is 9.47 Å². The molecule has 0 radical (unpaired) electrons. The molecular weight excluding hydrogens is 264 g/mol. The topological polar surface area (TPSA) is 60.0 Å². The van der Waals surface area contributed by atoms with E-state index in [4.69, 9.17) is 10.00 Å². The van der Waals surface area contributed by atoms with Crippen molar-refractivity contribution in [1.29, 1.82) is 5.26 Å². The number of hydrogen-bond acceptors (Lipinski definition) is 3. The molecule has 2 heterocycles. The predicted octanol–water partition coefficient (Wildman–Crippen LogP) is 2.88. The van der Waals surface area contributed by atoms with E-state index in [0.717, 1.165) is 16.0 Å². The van der Waals surface area contributed by atoms with Gasteiger partial charge in [0.1, 0.15) is 11.4 Å². The lowest BCUT2D eigenvalue weighted by Gasteiger charge is -2.36. The van der Waals surface area contributed by atoms with Gasteiger partial charge in [-0.1, -0.05) is 0 Å². The molecule has 106 valence electrons. The van der Waals surface area contributed by atoms with Crippen molar-refractivity contribution >= 4 is 0 Å². The minimum absolute atomic E-state index is 0.0734. The van der Waals surface area contributed by atoms with Crippen LogP contribution in [0.25, 0.3) is 0 Å². The van der Waals surface area contributed by atoms with Crippen LogP contribution in [0.1, 0.15) is 43.0 Å². The summed E-state index contributed by atoms with van der Waals surface area (Å²) in [6, 6.07) is 12.9. The van der Waals surface area contributed by atoms with Crippen LogP contribution in [0.4, 0.5) is 0 Å². The maximum absolute atomic E-state index is 12.1. The minimum Gasteiger partial charge on any atom is -0.618 e. The van der Waals surface area contributed by atoms with Gasteiger partial charge in [-0.3, -0.25) is 0 Å². The van der Waals surface area contributed by atoms with Crippen molar-refractivity contribution in [3.63, 3.8) is 0 Å². The molecular formula is C17H16N2O2. The molecule has 1 aromatic carbocycles. The number of nitrogens with zero attached hydrogens (tertiary/aromatic N) is 2. The molecule has 2 aromatic rings. The average molecular weight is 280 g/mol. The van der Waals surface area contributed by atoms with Crippen molar-refractivity contribution in [3.05, 3.63) is 64.6 Å². The van der Waals surface area contributed by atoms with Crippen molar-refractivity contribution in [2.75, 3.05) is 0 Å². The summed E-state index contributed by atoms with van der Waals surface area (Å²) >= 11 is 0. The molecule has 0 N–H and O–H groups in total. The molecule has 0 bridgehead atoms. The average Bonchev–Trinajstić information content (AvgIpc) is 2.46. The maximum Gasteiger partial charge on any atom is 0.200 e. The Labute approximate surface area is 123 Å². The number of pyridine rings is 1. The standard InChI is InChI=1S/C17H16N2O2/c1-17(2)10-14(15-5-3-4-8-19(15)20)13-9-12(11-18)6-7-16(13)21-17/h3-9,14H,10H2,1-2H3/t14-/m1/s1. The first-order valence-electron chi connectivity index (χ1n) is 6.91. The molecule has 0 amide bonds. The summed E-state index contributed by atoms with van der Waals surface area (Å²) < 4.78 is 6.89.